The van der Waals surface area contributed by atoms with Gasteiger partial charge in [-0.1, -0.05) is 0 Å². The number of piperazine rings is 1. The summed E-state index contributed by atoms with van der Waals surface area (Å²) in [6.07, 6.45) is 3.20. The van der Waals surface area contributed by atoms with E-state index < -0.39 is 0 Å². The van der Waals surface area contributed by atoms with E-state index >= 15 is 0 Å². The van der Waals surface area contributed by atoms with Crippen LogP contribution in [-0.2, 0) is 0 Å². The third-order valence-corrected chi connectivity index (χ3v) is 2.77. The lowest BCUT2D eigenvalue weighted by Gasteiger charge is -2.29. The average molecular weight is 229 g/mol. The van der Waals surface area contributed by atoms with Gasteiger partial charge in [-0.2, -0.15) is 0 Å². The van der Waals surface area contributed by atoms with E-state index in [1.807, 2.05) is 4.90 Å². The van der Waals surface area contributed by atoms with Crippen molar-refractivity contribution in [1.29, 1.82) is 0 Å². The van der Waals surface area contributed by atoms with Gasteiger partial charge in [-0.15, -0.1) is 0 Å². The molecule has 0 bridgehead atoms. The molecule has 0 N–H and O–H groups in total. The number of ketones is 1. The number of carbonyl (C=O) groups excluding carboxylic acids is 1. The minimum Gasteiger partial charge on any atom is -0.330 e. The van der Waals surface area contributed by atoms with Crippen molar-refractivity contribution in [2.24, 2.45) is 0 Å². The van der Waals surface area contributed by atoms with Gasteiger partial charge >= 0.3 is 0 Å². The molecule has 0 spiro atoms. The Morgan fingerprint density at radius 2 is 1.88 bits per heavy atom. The van der Waals surface area contributed by atoms with Crippen LogP contribution in [0.25, 0.3) is 0 Å². The largest absolute Gasteiger partial charge is 0.330 e. The molecule has 2 rings (SSSR count). The third-order valence-electron chi connectivity index (χ3n) is 2.77. The van der Waals surface area contributed by atoms with Crippen LogP contribution in [0.4, 0.5) is 0 Å². The number of hydrogen-bond donors (Lipinski definition) is 0. The lowest BCUT2D eigenvalue weighted by molar-refractivity contribution is 0.105. The van der Waals surface area contributed by atoms with Crippen molar-refractivity contribution in [1.82, 2.24) is 14.8 Å². The monoisotopic (exact) mass is 229 g/mol. The van der Waals surface area contributed by atoms with E-state index in [4.69, 9.17) is 0 Å². The number of nitrogens with zero attached hydrogens (tertiary/aromatic N) is 3. The zero-order valence-corrected chi connectivity index (χ0v) is 9.89. The lowest BCUT2D eigenvalue weighted by Crippen LogP contribution is -2.42. The van der Waals surface area contributed by atoms with Crippen molar-refractivity contribution in [2.45, 2.75) is 0 Å². The molecule has 88 valence electrons. The first-order chi connectivity index (χ1) is 8.25. The smallest absolute Gasteiger partial charge is 0.237 e. The molecule has 1 aliphatic heterocycles. The number of aromatic nitrogens is 1. The van der Waals surface area contributed by atoms with Crippen LogP contribution in [0.2, 0.25) is 0 Å². The second-order valence-corrected chi connectivity index (χ2v) is 4.09. The first-order valence-corrected chi connectivity index (χ1v) is 5.65. The van der Waals surface area contributed by atoms with Gasteiger partial charge in [0, 0.05) is 50.2 Å². The SMILES string of the molecule is CN1CCN(C#CC(=O)c2ccncc2)CC1. The topological polar surface area (TPSA) is 36.4 Å². The summed E-state index contributed by atoms with van der Waals surface area (Å²) in [4.78, 5) is 19.8. The van der Waals surface area contributed by atoms with Crippen molar-refractivity contribution in [3.63, 3.8) is 0 Å². The molecule has 4 nitrogen and oxygen atoms in total. The molecule has 0 aromatic carbocycles. The maximum atomic E-state index is 11.7. The number of pyridine rings is 1. The molecule has 1 aromatic rings. The van der Waals surface area contributed by atoms with Gasteiger partial charge in [0.15, 0.2) is 0 Å². The van der Waals surface area contributed by atoms with Crippen LogP contribution >= 0.6 is 0 Å². The zero-order valence-electron chi connectivity index (χ0n) is 9.89. The first-order valence-electron chi connectivity index (χ1n) is 5.65. The first kappa shape index (κ1) is 11.6. The highest BCUT2D eigenvalue weighted by molar-refractivity contribution is 6.08. The summed E-state index contributed by atoms with van der Waals surface area (Å²) in [5.74, 6) is 2.53. The molecule has 1 aliphatic rings. The summed E-state index contributed by atoms with van der Waals surface area (Å²) in [5, 5.41) is 0. The van der Waals surface area contributed by atoms with Gasteiger partial charge in [0.1, 0.15) is 0 Å². The van der Waals surface area contributed by atoms with Crippen LogP contribution in [0, 0.1) is 12.0 Å². The third kappa shape index (κ3) is 3.30. The Hall–Kier alpha value is -1.86. The van der Waals surface area contributed by atoms with Crippen molar-refractivity contribution >= 4 is 5.78 Å². The predicted molar refractivity (Wildman–Crippen MR) is 65.4 cm³/mol. The summed E-state index contributed by atoms with van der Waals surface area (Å²) in [7, 11) is 2.09. The van der Waals surface area contributed by atoms with Crippen LogP contribution in [0.1, 0.15) is 10.4 Å². The molecule has 2 heterocycles. The number of rotatable bonds is 1. The summed E-state index contributed by atoms with van der Waals surface area (Å²) < 4.78 is 0. The quantitative estimate of drug-likeness (QED) is 0.518. The highest BCUT2D eigenvalue weighted by Crippen LogP contribution is 1.99. The van der Waals surface area contributed by atoms with E-state index in [1.165, 1.54) is 0 Å². The fraction of sp³-hybridized carbons (Fsp3) is 0.385. The van der Waals surface area contributed by atoms with E-state index in [0.717, 1.165) is 26.2 Å². The number of likely N-dealkylation sites (N-methyl/N-ethyl adjacent to an activating group) is 1. The molecule has 0 unspecified atom stereocenters. The van der Waals surface area contributed by atoms with Gasteiger partial charge in [-0.05, 0) is 25.1 Å². The Bertz CT molecular complexity index is 439. The fourth-order valence-corrected chi connectivity index (χ4v) is 1.62. The number of Topliss-reactive ketones (excluding diaryl/α,β-unsaturated/α-hetero) is 1. The summed E-state index contributed by atoms with van der Waals surface area (Å²) >= 11 is 0. The molecule has 0 aliphatic carbocycles. The summed E-state index contributed by atoms with van der Waals surface area (Å²) in [6.45, 7) is 3.79. The maximum absolute atomic E-state index is 11.7. The Labute approximate surface area is 101 Å². The Morgan fingerprint density at radius 3 is 2.53 bits per heavy atom. The molecule has 0 amide bonds. The van der Waals surface area contributed by atoms with Crippen molar-refractivity contribution in [3.05, 3.63) is 30.1 Å². The Morgan fingerprint density at radius 1 is 1.24 bits per heavy atom. The van der Waals surface area contributed by atoms with Gasteiger partial charge < -0.3 is 9.80 Å². The van der Waals surface area contributed by atoms with E-state index in [9.17, 15) is 4.79 Å². The highest BCUT2D eigenvalue weighted by atomic mass is 16.1. The molecule has 0 atom stereocenters. The van der Waals surface area contributed by atoms with Gasteiger partial charge in [-0.25, -0.2) is 0 Å². The minimum absolute atomic E-state index is 0.147. The highest BCUT2D eigenvalue weighted by Gasteiger charge is 2.10. The molecule has 1 aromatic heterocycles. The standard InChI is InChI=1S/C13H15N3O/c1-15-8-10-16(11-9-15)7-4-13(17)12-2-5-14-6-3-12/h2-3,5-6H,8-11H2,1H3. The van der Waals surface area contributed by atoms with Crippen LogP contribution in [0.5, 0.6) is 0 Å². The molecule has 0 saturated carbocycles. The maximum Gasteiger partial charge on any atom is 0.237 e. The Kier molecular flexibility index (Phi) is 3.73. The van der Waals surface area contributed by atoms with E-state index in [2.05, 4.69) is 28.9 Å². The van der Waals surface area contributed by atoms with Gasteiger partial charge in [-0.3, -0.25) is 9.78 Å². The molecule has 0 radical (unpaired) electrons. The molecular weight excluding hydrogens is 214 g/mol. The normalized spacial score (nSPS) is 16.2. The molecular formula is C13H15N3O. The second kappa shape index (κ2) is 5.46. The van der Waals surface area contributed by atoms with E-state index in [-0.39, 0.29) is 5.78 Å². The zero-order chi connectivity index (χ0) is 12.1. The van der Waals surface area contributed by atoms with Crippen LogP contribution in [0.15, 0.2) is 24.5 Å². The van der Waals surface area contributed by atoms with Crippen LogP contribution in [-0.4, -0.2) is 53.8 Å². The van der Waals surface area contributed by atoms with Crippen molar-refractivity contribution < 1.29 is 4.79 Å². The van der Waals surface area contributed by atoms with Gasteiger partial charge in [0.25, 0.3) is 0 Å². The van der Waals surface area contributed by atoms with Crippen LogP contribution < -0.4 is 0 Å². The van der Waals surface area contributed by atoms with E-state index in [0.29, 0.717) is 5.56 Å². The number of hydrogen-bond acceptors (Lipinski definition) is 4. The second-order valence-electron chi connectivity index (χ2n) is 4.09. The molecule has 1 saturated heterocycles. The predicted octanol–water partition coefficient (Wildman–Crippen LogP) is 0.473. The molecule has 17 heavy (non-hydrogen) atoms. The van der Waals surface area contributed by atoms with Crippen LogP contribution in [0.3, 0.4) is 0 Å². The van der Waals surface area contributed by atoms with Crippen molar-refractivity contribution in [2.75, 3.05) is 33.2 Å². The molecule has 1 fully saturated rings. The van der Waals surface area contributed by atoms with Gasteiger partial charge in [0.05, 0.1) is 0 Å². The van der Waals surface area contributed by atoms with Gasteiger partial charge in [0.2, 0.25) is 5.78 Å². The summed E-state index contributed by atoms with van der Waals surface area (Å²) in [5.41, 5.74) is 0.599. The van der Waals surface area contributed by atoms with Crippen molar-refractivity contribution in [3.8, 4) is 12.0 Å². The fourth-order valence-electron chi connectivity index (χ4n) is 1.62. The average Bonchev–Trinajstić information content (AvgIpc) is 2.39. The lowest BCUT2D eigenvalue weighted by atomic mass is 10.2. The Balaban J connectivity index is 1.95. The summed E-state index contributed by atoms with van der Waals surface area (Å²) in [6, 6.07) is 6.29. The minimum atomic E-state index is -0.147. The number of carbonyl (C=O) groups is 1. The van der Waals surface area contributed by atoms with E-state index in [1.54, 1.807) is 24.5 Å². The molecule has 4 heteroatoms.